The number of aromatic nitrogens is 2. The third-order valence-corrected chi connectivity index (χ3v) is 3.96. The highest BCUT2D eigenvalue weighted by atomic mass is 16.5. The number of methoxy groups -OCH3 is 1. The van der Waals surface area contributed by atoms with Crippen LogP contribution in [0.1, 0.15) is 31.9 Å². The fourth-order valence-electron chi connectivity index (χ4n) is 2.99. The first-order chi connectivity index (χ1) is 8.64. The van der Waals surface area contributed by atoms with Gasteiger partial charge in [-0.15, -0.1) is 0 Å². The summed E-state index contributed by atoms with van der Waals surface area (Å²) in [5, 5.41) is 10.9. The van der Waals surface area contributed by atoms with Gasteiger partial charge < -0.3 is 9.84 Å². The molecule has 0 aromatic carbocycles. The molecule has 2 atom stereocenters. The minimum Gasteiger partial charge on any atom is -0.480 e. The van der Waals surface area contributed by atoms with E-state index in [0.29, 0.717) is 36.6 Å². The van der Waals surface area contributed by atoms with E-state index in [0.717, 1.165) is 0 Å². The Labute approximate surface area is 107 Å². The van der Waals surface area contributed by atoms with Crippen molar-refractivity contribution >= 4 is 0 Å². The molecule has 0 amide bonds. The topological polar surface area (TPSA) is 58.5 Å². The van der Waals surface area contributed by atoms with E-state index >= 15 is 0 Å². The first-order valence-electron chi connectivity index (χ1n) is 6.47. The predicted molar refractivity (Wildman–Crippen MR) is 66.3 cm³/mol. The zero-order valence-electron chi connectivity index (χ0n) is 10.8. The summed E-state index contributed by atoms with van der Waals surface area (Å²) in [7, 11) is 1.56. The van der Waals surface area contributed by atoms with Crippen LogP contribution >= 0.6 is 0 Å². The monoisotopic (exact) mass is 249 g/mol. The molecule has 3 rings (SSSR count). The van der Waals surface area contributed by atoms with Crippen molar-refractivity contribution in [2.45, 2.75) is 43.9 Å². The summed E-state index contributed by atoms with van der Waals surface area (Å²) < 4.78 is 5.22. The van der Waals surface area contributed by atoms with Crippen molar-refractivity contribution in [2.75, 3.05) is 13.7 Å². The summed E-state index contributed by atoms with van der Waals surface area (Å²) in [6, 6.07) is 1.03. The largest absolute Gasteiger partial charge is 0.480 e. The predicted octanol–water partition coefficient (Wildman–Crippen LogP) is 0.929. The molecular formula is C13H19N3O2. The van der Waals surface area contributed by atoms with Gasteiger partial charge in [-0.05, 0) is 26.2 Å². The highest BCUT2D eigenvalue weighted by Gasteiger charge is 2.49. The van der Waals surface area contributed by atoms with Crippen LogP contribution in [0.3, 0.4) is 0 Å². The van der Waals surface area contributed by atoms with E-state index < -0.39 is 5.60 Å². The standard InChI is InChI=1S/C13H19N3O2/c1-9-7-13(17,8-16(9)10-3-4-10)11-12(18-2)15-6-5-14-11/h5-6,9-10,17H,3-4,7-8H2,1-2H3. The highest BCUT2D eigenvalue weighted by Crippen LogP contribution is 2.42. The van der Waals surface area contributed by atoms with E-state index in [1.54, 1.807) is 19.5 Å². The number of ether oxygens (including phenoxy) is 1. The van der Waals surface area contributed by atoms with Crippen LogP contribution in [0.4, 0.5) is 0 Å². The lowest BCUT2D eigenvalue weighted by Crippen LogP contribution is -2.34. The second kappa shape index (κ2) is 4.17. The van der Waals surface area contributed by atoms with Crippen LogP contribution < -0.4 is 4.74 Å². The van der Waals surface area contributed by atoms with Gasteiger partial charge >= 0.3 is 0 Å². The zero-order chi connectivity index (χ0) is 12.8. The van der Waals surface area contributed by atoms with Gasteiger partial charge in [-0.2, -0.15) is 0 Å². The number of hydrogen-bond acceptors (Lipinski definition) is 5. The third-order valence-electron chi connectivity index (χ3n) is 3.96. The van der Waals surface area contributed by atoms with Gasteiger partial charge in [0.1, 0.15) is 11.3 Å². The minimum atomic E-state index is -0.929. The normalized spacial score (nSPS) is 32.7. The quantitative estimate of drug-likeness (QED) is 0.863. The molecule has 1 saturated carbocycles. The molecule has 2 unspecified atom stereocenters. The van der Waals surface area contributed by atoms with Crippen molar-refractivity contribution in [2.24, 2.45) is 0 Å². The zero-order valence-corrected chi connectivity index (χ0v) is 10.8. The summed E-state index contributed by atoms with van der Waals surface area (Å²) in [5.74, 6) is 0.435. The summed E-state index contributed by atoms with van der Waals surface area (Å²) in [6.45, 7) is 2.80. The lowest BCUT2D eigenvalue weighted by molar-refractivity contribution is 0.0375. The van der Waals surface area contributed by atoms with Gasteiger partial charge in [-0.3, -0.25) is 9.88 Å². The van der Waals surface area contributed by atoms with E-state index in [-0.39, 0.29) is 0 Å². The van der Waals surface area contributed by atoms with Gasteiger partial charge in [0, 0.05) is 31.0 Å². The Morgan fingerprint density at radius 1 is 1.39 bits per heavy atom. The molecule has 1 saturated heterocycles. The van der Waals surface area contributed by atoms with E-state index in [1.165, 1.54) is 12.8 Å². The molecule has 2 aliphatic rings. The molecule has 1 N–H and O–H groups in total. The number of likely N-dealkylation sites (tertiary alicyclic amines) is 1. The van der Waals surface area contributed by atoms with Crippen molar-refractivity contribution in [1.82, 2.24) is 14.9 Å². The number of rotatable bonds is 3. The molecule has 0 radical (unpaired) electrons. The van der Waals surface area contributed by atoms with Crippen LogP contribution in [0.2, 0.25) is 0 Å². The molecule has 5 nitrogen and oxygen atoms in total. The number of β-amino-alcohol motifs (C(OH)–C–C–N with tert-alkyl or cyclic N) is 1. The fourth-order valence-corrected chi connectivity index (χ4v) is 2.99. The van der Waals surface area contributed by atoms with Crippen LogP contribution in [-0.4, -0.2) is 45.7 Å². The molecular weight excluding hydrogens is 230 g/mol. The Bertz CT molecular complexity index is 450. The molecule has 1 aromatic heterocycles. The van der Waals surface area contributed by atoms with Crippen molar-refractivity contribution in [3.05, 3.63) is 18.1 Å². The molecule has 2 fully saturated rings. The van der Waals surface area contributed by atoms with E-state index in [1.807, 2.05) is 0 Å². The molecule has 98 valence electrons. The van der Waals surface area contributed by atoms with Gasteiger partial charge in [0.05, 0.1) is 7.11 Å². The van der Waals surface area contributed by atoms with Crippen molar-refractivity contribution in [3.63, 3.8) is 0 Å². The Morgan fingerprint density at radius 2 is 2.11 bits per heavy atom. The minimum absolute atomic E-state index is 0.384. The maximum absolute atomic E-state index is 10.9. The van der Waals surface area contributed by atoms with Gasteiger partial charge in [0.2, 0.25) is 5.88 Å². The van der Waals surface area contributed by atoms with Crippen LogP contribution in [0, 0.1) is 0 Å². The summed E-state index contributed by atoms with van der Waals surface area (Å²) in [6.07, 6.45) is 6.39. The SMILES string of the molecule is COc1nccnc1C1(O)CC(C)N(C2CC2)C1. The first-order valence-corrected chi connectivity index (χ1v) is 6.47. The summed E-state index contributed by atoms with van der Waals surface area (Å²) >= 11 is 0. The number of hydrogen-bond donors (Lipinski definition) is 1. The Kier molecular flexibility index (Phi) is 2.75. The molecule has 18 heavy (non-hydrogen) atoms. The van der Waals surface area contributed by atoms with Crippen LogP contribution in [0.15, 0.2) is 12.4 Å². The first kappa shape index (κ1) is 11.9. The fraction of sp³-hybridized carbons (Fsp3) is 0.692. The second-order valence-corrected chi connectivity index (χ2v) is 5.40. The third kappa shape index (κ3) is 1.87. The van der Waals surface area contributed by atoms with Gasteiger partial charge in [-0.1, -0.05) is 0 Å². The molecule has 2 heterocycles. The van der Waals surface area contributed by atoms with Crippen molar-refractivity contribution in [1.29, 1.82) is 0 Å². The average Bonchev–Trinajstić information content (AvgIpc) is 3.16. The van der Waals surface area contributed by atoms with E-state index in [4.69, 9.17) is 4.74 Å². The highest BCUT2D eigenvalue weighted by molar-refractivity contribution is 5.27. The summed E-state index contributed by atoms with van der Waals surface area (Å²) in [5.41, 5.74) is -0.357. The Morgan fingerprint density at radius 3 is 2.78 bits per heavy atom. The van der Waals surface area contributed by atoms with Gasteiger partial charge in [-0.25, -0.2) is 4.98 Å². The molecule has 1 aromatic rings. The molecule has 0 spiro atoms. The average molecular weight is 249 g/mol. The van der Waals surface area contributed by atoms with Gasteiger partial charge in [0.15, 0.2) is 0 Å². The lowest BCUT2D eigenvalue weighted by Gasteiger charge is -2.23. The van der Waals surface area contributed by atoms with E-state index in [2.05, 4.69) is 21.8 Å². The maximum Gasteiger partial charge on any atom is 0.238 e. The number of nitrogens with zero attached hydrogens (tertiary/aromatic N) is 3. The Hall–Kier alpha value is -1.20. The maximum atomic E-state index is 10.9. The van der Waals surface area contributed by atoms with Crippen LogP contribution in [0.25, 0.3) is 0 Å². The van der Waals surface area contributed by atoms with Gasteiger partial charge in [0.25, 0.3) is 0 Å². The van der Waals surface area contributed by atoms with Crippen molar-refractivity contribution < 1.29 is 9.84 Å². The van der Waals surface area contributed by atoms with E-state index in [9.17, 15) is 5.11 Å². The molecule has 1 aliphatic heterocycles. The lowest BCUT2D eigenvalue weighted by atomic mass is 9.96. The van der Waals surface area contributed by atoms with Crippen molar-refractivity contribution in [3.8, 4) is 5.88 Å². The van der Waals surface area contributed by atoms with Crippen LogP contribution in [0.5, 0.6) is 5.88 Å². The molecule has 1 aliphatic carbocycles. The second-order valence-electron chi connectivity index (χ2n) is 5.40. The Balaban J connectivity index is 1.90. The summed E-state index contributed by atoms with van der Waals surface area (Å²) in [4.78, 5) is 10.8. The van der Waals surface area contributed by atoms with Crippen LogP contribution in [-0.2, 0) is 5.60 Å². The molecule has 0 bridgehead atoms. The molecule has 5 heteroatoms. The number of aliphatic hydroxyl groups is 1. The smallest absolute Gasteiger partial charge is 0.238 e.